The highest BCUT2D eigenvalue weighted by Crippen LogP contribution is 2.35. The Labute approximate surface area is 154 Å². The first-order chi connectivity index (χ1) is 12.4. The van der Waals surface area contributed by atoms with Gasteiger partial charge in [0, 0.05) is 25.3 Å². The number of nitrogens with two attached hydrogens (primary N) is 1. The highest BCUT2D eigenvalue weighted by Gasteiger charge is 2.25. The first-order valence-electron chi connectivity index (χ1n) is 9.22. The molecule has 2 aromatic rings. The molecule has 26 heavy (non-hydrogen) atoms. The maximum Gasteiger partial charge on any atom is 0.223 e. The molecule has 0 aromatic carbocycles. The number of pyridine rings is 1. The molecular weight excluding hydrogens is 332 g/mol. The Kier molecular flexibility index (Phi) is 5.88. The van der Waals surface area contributed by atoms with E-state index in [1.54, 1.807) is 13.1 Å². The van der Waals surface area contributed by atoms with Crippen LogP contribution in [-0.2, 0) is 10.3 Å². The zero-order chi connectivity index (χ0) is 18.6. The average molecular weight is 360 g/mol. The lowest BCUT2D eigenvalue weighted by molar-refractivity contribution is 0.108. The van der Waals surface area contributed by atoms with E-state index in [4.69, 9.17) is 19.7 Å². The lowest BCUT2D eigenvalue weighted by Crippen LogP contribution is -2.30. The number of hydrogen-bond acceptors (Lipinski definition) is 7. The molecule has 1 atom stereocenters. The van der Waals surface area contributed by atoms with Crippen LogP contribution >= 0.6 is 0 Å². The molecule has 1 aliphatic heterocycles. The van der Waals surface area contributed by atoms with Gasteiger partial charge in [0.1, 0.15) is 0 Å². The van der Waals surface area contributed by atoms with Gasteiger partial charge in [0.15, 0.2) is 5.82 Å². The van der Waals surface area contributed by atoms with Crippen LogP contribution in [0.25, 0.3) is 0 Å². The van der Waals surface area contributed by atoms with Crippen LogP contribution in [0.5, 0.6) is 5.88 Å². The number of rotatable bonds is 5. The molecule has 142 valence electrons. The lowest BCUT2D eigenvalue weighted by atomic mass is 10.1. The van der Waals surface area contributed by atoms with Gasteiger partial charge in [-0.3, -0.25) is 0 Å². The molecule has 1 saturated heterocycles. The van der Waals surface area contributed by atoms with E-state index in [1.165, 1.54) is 12.8 Å². The number of aryl methyl sites for hydroxylation is 1. The molecule has 4 rings (SSSR count). The van der Waals surface area contributed by atoms with Gasteiger partial charge in [0.05, 0.1) is 18.2 Å². The van der Waals surface area contributed by atoms with Crippen molar-refractivity contribution >= 4 is 0 Å². The van der Waals surface area contributed by atoms with Gasteiger partial charge in [-0.05, 0) is 57.6 Å². The Balaban J connectivity index is 0.000000170. The predicted molar refractivity (Wildman–Crippen MR) is 96.6 cm³/mol. The van der Waals surface area contributed by atoms with E-state index >= 15 is 0 Å². The summed E-state index contributed by atoms with van der Waals surface area (Å²) in [6.45, 7) is 7.08. The zero-order valence-corrected chi connectivity index (χ0v) is 15.8. The normalized spacial score (nSPS) is 19.8. The van der Waals surface area contributed by atoms with Crippen molar-refractivity contribution in [3.63, 3.8) is 0 Å². The summed E-state index contributed by atoms with van der Waals surface area (Å²) in [6.07, 6.45) is 6.83. The highest BCUT2D eigenvalue weighted by molar-refractivity contribution is 5.28. The van der Waals surface area contributed by atoms with E-state index in [0.29, 0.717) is 11.7 Å². The fourth-order valence-corrected chi connectivity index (χ4v) is 2.63. The number of nitrogens with zero attached hydrogens (tertiary/aromatic N) is 3. The Bertz CT molecular complexity index is 701. The third-order valence-corrected chi connectivity index (χ3v) is 4.33. The summed E-state index contributed by atoms with van der Waals surface area (Å²) in [6, 6.07) is 4.03. The minimum absolute atomic E-state index is 0.197. The SMILES string of the molecule is Cc1nc(C(C)(C)N)no1.c1cnc(OCC2CC2)c(C2CCCO2)c1. The van der Waals surface area contributed by atoms with Crippen molar-refractivity contribution in [2.45, 2.75) is 58.1 Å². The minimum Gasteiger partial charge on any atom is -0.477 e. The number of ether oxygens (including phenoxy) is 2. The van der Waals surface area contributed by atoms with E-state index < -0.39 is 5.54 Å². The minimum atomic E-state index is -0.502. The van der Waals surface area contributed by atoms with Gasteiger partial charge in [0.2, 0.25) is 11.8 Å². The standard InChI is InChI=1S/C13H17NO2.C6H11N3O/c1-3-11(12-4-2-8-15-12)13(14-7-1)16-9-10-5-6-10;1-4-8-5(9-10-4)6(2,3)7/h1,3,7,10,12H,2,4-6,8-9H2;7H2,1-3H3. The Morgan fingerprint density at radius 3 is 2.65 bits per heavy atom. The van der Waals surface area contributed by atoms with Crippen molar-refractivity contribution < 1.29 is 14.0 Å². The van der Waals surface area contributed by atoms with Crippen LogP contribution in [0.2, 0.25) is 0 Å². The first-order valence-corrected chi connectivity index (χ1v) is 9.22. The van der Waals surface area contributed by atoms with Crippen molar-refractivity contribution in [3.05, 3.63) is 35.6 Å². The number of hydrogen-bond donors (Lipinski definition) is 1. The topological polar surface area (TPSA) is 96.3 Å². The maximum absolute atomic E-state index is 5.78. The van der Waals surface area contributed by atoms with E-state index in [0.717, 1.165) is 43.4 Å². The summed E-state index contributed by atoms with van der Waals surface area (Å²) in [5.74, 6) is 2.64. The first kappa shape index (κ1) is 18.8. The molecule has 2 aliphatic rings. The average Bonchev–Trinajstić information content (AvgIpc) is 3.07. The summed E-state index contributed by atoms with van der Waals surface area (Å²) in [4.78, 5) is 8.30. The van der Waals surface area contributed by atoms with E-state index in [1.807, 2.05) is 19.9 Å². The second-order valence-corrected chi connectivity index (χ2v) is 7.51. The van der Waals surface area contributed by atoms with Crippen LogP contribution in [0.1, 0.15) is 62.9 Å². The van der Waals surface area contributed by atoms with Crippen LogP contribution < -0.4 is 10.5 Å². The molecule has 2 aromatic heterocycles. The van der Waals surface area contributed by atoms with Crippen molar-refractivity contribution in [1.29, 1.82) is 0 Å². The summed E-state index contributed by atoms with van der Waals surface area (Å²) < 4.78 is 16.2. The Morgan fingerprint density at radius 1 is 1.31 bits per heavy atom. The van der Waals surface area contributed by atoms with Gasteiger partial charge in [-0.25, -0.2) is 4.98 Å². The molecule has 1 unspecified atom stereocenters. The number of aromatic nitrogens is 3. The largest absolute Gasteiger partial charge is 0.477 e. The van der Waals surface area contributed by atoms with Gasteiger partial charge in [0.25, 0.3) is 0 Å². The monoisotopic (exact) mass is 360 g/mol. The van der Waals surface area contributed by atoms with Gasteiger partial charge in [-0.15, -0.1) is 0 Å². The van der Waals surface area contributed by atoms with Crippen LogP contribution in [0.15, 0.2) is 22.9 Å². The fraction of sp³-hybridized carbons (Fsp3) is 0.632. The van der Waals surface area contributed by atoms with Crippen molar-refractivity contribution in [2.24, 2.45) is 11.7 Å². The summed E-state index contributed by atoms with van der Waals surface area (Å²) >= 11 is 0. The quantitative estimate of drug-likeness (QED) is 0.874. The van der Waals surface area contributed by atoms with Crippen molar-refractivity contribution in [1.82, 2.24) is 15.1 Å². The van der Waals surface area contributed by atoms with Crippen molar-refractivity contribution in [2.75, 3.05) is 13.2 Å². The van der Waals surface area contributed by atoms with Crippen molar-refractivity contribution in [3.8, 4) is 5.88 Å². The molecule has 2 N–H and O–H groups in total. The molecule has 2 fully saturated rings. The smallest absolute Gasteiger partial charge is 0.223 e. The maximum atomic E-state index is 5.78. The van der Waals surface area contributed by atoms with Crippen LogP contribution in [0.3, 0.4) is 0 Å². The third-order valence-electron chi connectivity index (χ3n) is 4.33. The van der Waals surface area contributed by atoms with Gasteiger partial charge in [-0.2, -0.15) is 4.98 Å². The molecule has 3 heterocycles. The molecular formula is C19H28N4O3. The van der Waals surface area contributed by atoms with E-state index in [9.17, 15) is 0 Å². The summed E-state index contributed by atoms with van der Waals surface area (Å²) in [5, 5.41) is 3.68. The zero-order valence-electron chi connectivity index (χ0n) is 15.8. The lowest BCUT2D eigenvalue weighted by Gasteiger charge is -2.14. The second-order valence-electron chi connectivity index (χ2n) is 7.51. The van der Waals surface area contributed by atoms with Crippen LogP contribution in [0, 0.1) is 12.8 Å². The third kappa shape index (κ3) is 5.25. The Hall–Kier alpha value is -1.99. The molecule has 1 saturated carbocycles. The van der Waals surface area contributed by atoms with E-state index in [-0.39, 0.29) is 6.10 Å². The molecule has 0 amide bonds. The van der Waals surface area contributed by atoms with Crippen LogP contribution in [0.4, 0.5) is 0 Å². The van der Waals surface area contributed by atoms with Gasteiger partial charge in [-0.1, -0.05) is 5.16 Å². The molecule has 7 heteroatoms. The van der Waals surface area contributed by atoms with E-state index in [2.05, 4.69) is 21.2 Å². The Morgan fingerprint density at radius 2 is 2.12 bits per heavy atom. The summed E-state index contributed by atoms with van der Waals surface area (Å²) in [5.41, 5.74) is 6.31. The fourth-order valence-electron chi connectivity index (χ4n) is 2.63. The summed E-state index contributed by atoms with van der Waals surface area (Å²) in [7, 11) is 0. The second kappa shape index (κ2) is 8.14. The van der Waals surface area contributed by atoms with Gasteiger partial charge >= 0.3 is 0 Å². The molecule has 1 aliphatic carbocycles. The van der Waals surface area contributed by atoms with Crippen LogP contribution in [-0.4, -0.2) is 28.3 Å². The van der Waals surface area contributed by atoms with Gasteiger partial charge < -0.3 is 19.7 Å². The molecule has 0 spiro atoms. The predicted octanol–water partition coefficient (Wildman–Crippen LogP) is 3.29. The molecule has 7 nitrogen and oxygen atoms in total. The highest BCUT2D eigenvalue weighted by atomic mass is 16.5. The molecule has 0 bridgehead atoms. The molecule has 0 radical (unpaired) electrons.